The first-order valence-corrected chi connectivity index (χ1v) is 13.4. The first-order valence-electron chi connectivity index (χ1n) is 11.7. The Kier molecular flexibility index (Phi) is 5.28. The van der Waals surface area contributed by atoms with Crippen LogP contribution in [0.2, 0.25) is 0 Å². The van der Waals surface area contributed by atoms with E-state index in [0.717, 1.165) is 34.3 Å². The third-order valence-corrected chi connectivity index (χ3v) is 10.1. The SMILES string of the molecule is O=P(c1ccccc1)(c1ccccc1Cc1ccccc1)c1cccc2c1Cc1ccccc1-2. The summed E-state index contributed by atoms with van der Waals surface area (Å²) in [6, 6.07) is 43.7. The van der Waals surface area contributed by atoms with Crippen molar-refractivity contribution in [3.05, 3.63) is 150 Å². The highest BCUT2D eigenvalue weighted by Crippen LogP contribution is 2.48. The molecule has 1 atom stereocenters. The minimum atomic E-state index is -3.12. The van der Waals surface area contributed by atoms with Crippen LogP contribution in [0.25, 0.3) is 11.1 Å². The van der Waals surface area contributed by atoms with Gasteiger partial charge in [0.05, 0.1) is 0 Å². The molecule has 0 fully saturated rings. The maximum absolute atomic E-state index is 15.5. The smallest absolute Gasteiger partial charge is 0.171 e. The zero-order valence-corrected chi connectivity index (χ0v) is 19.8. The molecule has 0 heterocycles. The van der Waals surface area contributed by atoms with E-state index in [-0.39, 0.29) is 0 Å². The fraction of sp³-hybridized carbons (Fsp3) is 0.0625. The zero-order valence-electron chi connectivity index (χ0n) is 18.9. The van der Waals surface area contributed by atoms with Crippen molar-refractivity contribution in [1.82, 2.24) is 0 Å². The molecule has 1 aliphatic rings. The Morgan fingerprint density at radius 2 is 1.18 bits per heavy atom. The lowest BCUT2D eigenvalue weighted by atomic mass is 10.1. The maximum atomic E-state index is 15.5. The Labute approximate surface area is 201 Å². The molecule has 1 aliphatic carbocycles. The van der Waals surface area contributed by atoms with Crippen LogP contribution in [0.15, 0.2) is 127 Å². The third-order valence-electron chi connectivity index (χ3n) is 6.85. The Bertz CT molecular complexity index is 1520. The minimum Gasteiger partial charge on any atom is -0.309 e. The molecule has 0 radical (unpaired) electrons. The first-order chi connectivity index (χ1) is 16.7. The van der Waals surface area contributed by atoms with E-state index < -0.39 is 7.14 Å². The summed E-state index contributed by atoms with van der Waals surface area (Å²) in [5.41, 5.74) is 7.32. The predicted molar refractivity (Wildman–Crippen MR) is 143 cm³/mol. The van der Waals surface area contributed by atoms with E-state index in [1.54, 1.807) is 0 Å². The molecule has 6 rings (SSSR count). The highest BCUT2D eigenvalue weighted by atomic mass is 31.2. The Morgan fingerprint density at radius 1 is 0.559 bits per heavy atom. The summed E-state index contributed by atoms with van der Waals surface area (Å²) in [6.45, 7) is 0. The average Bonchev–Trinajstić information content (AvgIpc) is 3.29. The number of hydrogen-bond donors (Lipinski definition) is 0. The van der Waals surface area contributed by atoms with E-state index in [1.165, 1.54) is 27.8 Å². The van der Waals surface area contributed by atoms with Gasteiger partial charge in [-0.1, -0.05) is 127 Å². The van der Waals surface area contributed by atoms with Crippen LogP contribution in [0.3, 0.4) is 0 Å². The molecule has 0 saturated carbocycles. The number of hydrogen-bond acceptors (Lipinski definition) is 1. The van der Waals surface area contributed by atoms with Crippen LogP contribution in [0.5, 0.6) is 0 Å². The van der Waals surface area contributed by atoms with Crippen LogP contribution in [-0.4, -0.2) is 0 Å². The molecule has 0 aliphatic heterocycles. The van der Waals surface area contributed by atoms with Crippen molar-refractivity contribution in [2.75, 3.05) is 0 Å². The van der Waals surface area contributed by atoms with E-state index in [4.69, 9.17) is 0 Å². The molecule has 5 aromatic rings. The lowest BCUT2D eigenvalue weighted by molar-refractivity contribution is 0.592. The van der Waals surface area contributed by atoms with E-state index in [0.29, 0.717) is 0 Å². The van der Waals surface area contributed by atoms with Crippen molar-refractivity contribution in [3.8, 4) is 11.1 Å². The Hall–Kier alpha value is -3.67. The third kappa shape index (κ3) is 3.45. The van der Waals surface area contributed by atoms with Crippen LogP contribution in [0.1, 0.15) is 22.3 Å². The molecule has 0 saturated heterocycles. The highest BCUT2D eigenvalue weighted by molar-refractivity contribution is 7.85. The average molecular weight is 457 g/mol. The summed E-state index contributed by atoms with van der Waals surface area (Å²) < 4.78 is 15.5. The molecule has 164 valence electrons. The lowest BCUT2D eigenvalue weighted by Crippen LogP contribution is -2.29. The van der Waals surface area contributed by atoms with Crippen molar-refractivity contribution >= 4 is 23.1 Å². The monoisotopic (exact) mass is 456 g/mol. The summed E-state index contributed by atoms with van der Waals surface area (Å²) >= 11 is 0. The standard InChI is InChI=1S/C32H25OP/c33-34(27-16-5-2-6-17-27,31-20-10-8-15-26(31)22-24-12-3-1-4-13-24)32-21-11-19-29-28-18-9-7-14-25(28)23-30(29)32/h1-21H,22-23H2. The van der Waals surface area contributed by atoms with Crippen molar-refractivity contribution in [2.45, 2.75) is 12.8 Å². The first kappa shape index (κ1) is 20.9. The van der Waals surface area contributed by atoms with Gasteiger partial charge in [-0.3, -0.25) is 0 Å². The van der Waals surface area contributed by atoms with E-state index in [2.05, 4.69) is 84.9 Å². The summed E-state index contributed by atoms with van der Waals surface area (Å²) in [4.78, 5) is 0. The fourth-order valence-corrected chi connectivity index (χ4v) is 8.40. The molecule has 1 nitrogen and oxygen atoms in total. The van der Waals surface area contributed by atoms with Gasteiger partial charge >= 0.3 is 0 Å². The highest BCUT2D eigenvalue weighted by Gasteiger charge is 2.36. The van der Waals surface area contributed by atoms with Crippen molar-refractivity contribution < 1.29 is 4.57 Å². The summed E-state index contributed by atoms with van der Waals surface area (Å²) in [6.07, 6.45) is 1.57. The Morgan fingerprint density at radius 3 is 2.00 bits per heavy atom. The topological polar surface area (TPSA) is 17.1 Å². The van der Waals surface area contributed by atoms with Gasteiger partial charge < -0.3 is 4.57 Å². The molecule has 0 bridgehead atoms. The van der Waals surface area contributed by atoms with Crippen molar-refractivity contribution in [2.24, 2.45) is 0 Å². The van der Waals surface area contributed by atoms with Gasteiger partial charge in [-0.05, 0) is 46.2 Å². The fourth-order valence-electron chi connectivity index (χ4n) is 5.26. The largest absolute Gasteiger partial charge is 0.309 e. The van der Waals surface area contributed by atoms with Crippen LogP contribution < -0.4 is 15.9 Å². The van der Waals surface area contributed by atoms with Gasteiger partial charge in [0.25, 0.3) is 0 Å². The molecule has 34 heavy (non-hydrogen) atoms. The van der Waals surface area contributed by atoms with E-state index >= 15 is 4.57 Å². The van der Waals surface area contributed by atoms with Gasteiger partial charge in [-0.15, -0.1) is 0 Å². The lowest BCUT2D eigenvalue weighted by Gasteiger charge is -2.25. The van der Waals surface area contributed by atoms with Crippen molar-refractivity contribution in [3.63, 3.8) is 0 Å². The number of benzene rings is 5. The van der Waals surface area contributed by atoms with Crippen LogP contribution in [0.4, 0.5) is 0 Å². The van der Waals surface area contributed by atoms with Gasteiger partial charge in [0, 0.05) is 15.9 Å². The second kappa shape index (κ2) is 8.60. The summed E-state index contributed by atoms with van der Waals surface area (Å²) in [5.74, 6) is 0. The maximum Gasteiger partial charge on any atom is 0.171 e. The van der Waals surface area contributed by atoms with Crippen LogP contribution in [0, 0.1) is 0 Å². The molecule has 0 amide bonds. The molecule has 0 spiro atoms. The summed E-state index contributed by atoms with van der Waals surface area (Å²) in [5, 5.41) is 2.79. The predicted octanol–water partition coefficient (Wildman–Crippen LogP) is 6.49. The van der Waals surface area contributed by atoms with Crippen LogP contribution in [-0.2, 0) is 17.4 Å². The molecular weight excluding hydrogens is 431 g/mol. The van der Waals surface area contributed by atoms with Gasteiger partial charge in [0.15, 0.2) is 7.14 Å². The quantitative estimate of drug-likeness (QED) is 0.271. The van der Waals surface area contributed by atoms with E-state index in [9.17, 15) is 0 Å². The van der Waals surface area contributed by atoms with E-state index in [1.807, 2.05) is 42.5 Å². The van der Waals surface area contributed by atoms with Gasteiger partial charge in [0.2, 0.25) is 0 Å². The van der Waals surface area contributed by atoms with Gasteiger partial charge in [0.1, 0.15) is 0 Å². The number of fused-ring (bicyclic) bond motifs is 3. The second-order valence-corrected chi connectivity index (χ2v) is 11.6. The molecule has 5 aromatic carbocycles. The van der Waals surface area contributed by atoms with Crippen LogP contribution >= 0.6 is 7.14 Å². The van der Waals surface area contributed by atoms with Gasteiger partial charge in [-0.2, -0.15) is 0 Å². The Balaban J connectivity index is 1.59. The minimum absolute atomic E-state index is 0.753. The summed E-state index contributed by atoms with van der Waals surface area (Å²) in [7, 11) is -3.12. The molecule has 0 aromatic heterocycles. The normalized spacial score (nSPS) is 13.6. The molecular formula is C32H25OP. The van der Waals surface area contributed by atoms with Gasteiger partial charge in [-0.25, -0.2) is 0 Å². The molecule has 1 unspecified atom stereocenters. The number of rotatable bonds is 5. The second-order valence-electron chi connectivity index (χ2n) is 8.87. The molecule has 0 N–H and O–H groups in total. The van der Waals surface area contributed by atoms with Crippen molar-refractivity contribution in [1.29, 1.82) is 0 Å². The molecule has 2 heteroatoms. The zero-order chi connectivity index (χ0) is 23.0.